The van der Waals surface area contributed by atoms with Gasteiger partial charge in [0, 0.05) is 12.2 Å². The number of piperidine rings is 1. The van der Waals surface area contributed by atoms with Crippen LogP contribution in [0.5, 0.6) is 0 Å². The Morgan fingerprint density at radius 2 is 2.47 bits per heavy atom. The molecule has 1 aliphatic rings. The molecule has 0 bridgehead atoms. The molecule has 1 saturated heterocycles. The van der Waals surface area contributed by atoms with E-state index in [9.17, 15) is 4.79 Å². The molecule has 5 heteroatoms. The quantitative estimate of drug-likeness (QED) is 0.808. The highest BCUT2D eigenvalue weighted by atomic mass is 16.5. The third-order valence-corrected chi connectivity index (χ3v) is 3.32. The zero-order valence-corrected chi connectivity index (χ0v) is 10.3. The van der Waals surface area contributed by atoms with Crippen molar-refractivity contribution < 1.29 is 9.53 Å². The minimum absolute atomic E-state index is 0.236. The van der Waals surface area contributed by atoms with Gasteiger partial charge in [0.05, 0.1) is 19.1 Å². The summed E-state index contributed by atoms with van der Waals surface area (Å²) in [7, 11) is 1.41. The number of hydrogen-bond acceptors (Lipinski definition) is 4. The fourth-order valence-electron chi connectivity index (χ4n) is 2.30. The molecule has 17 heavy (non-hydrogen) atoms. The Bertz CT molecular complexity index is 383. The fraction of sp³-hybridized carbons (Fsp3) is 0.667. The summed E-state index contributed by atoms with van der Waals surface area (Å²) in [6, 6.07) is -0.0143. The molecule has 94 valence electrons. The lowest BCUT2D eigenvalue weighted by Gasteiger charge is -2.25. The molecule has 1 aliphatic heterocycles. The number of methoxy groups -OCH3 is 1. The minimum atomic E-state index is -0.318. The van der Waals surface area contributed by atoms with Crippen LogP contribution in [0, 0.1) is 0 Å². The van der Waals surface area contributed by atoms with E-state index in [1.807, 2.05) is 17.7 Å². The van der Waals surface area contributed by atoms with Crippen molar-refractivity contribution in [2.75, 3.05) is 13.7 Å². The number of nitrogens with zero attached hydrogens (tertiary/aromatic N) is 2. The smallest absolute Gasteiger partial charge is 0.328 e. The topological polar surface area (TPSA) is 56.2 Å². The van der Waals surface area contributed by atoms with E-state index < -0.39 is 0 Å². The molecule has 2 unspecified atom stereocenters. The number of nitrogens with one attached hydrogen (secondary N) is 1. The first-order valence-electron chi connectivity index (χ1n) is 6.07. The average Bonchev–Trinajstić information content (AvgIpc) is 2.87. The number of imidazole rings is 1. The molecule has 2 rings (SSSR count). The van der Waals surface area contributed by atoms with Crippen molar-refractivity contribution in [1.82, 2.24) is 14.9 Å². The van der Waals surface area contributed by atoms with Gasteiger partial charge in [0.1, 0.15) is 6.04 Å². The zero-order valence-electron chi connectivity index (χ0n) is 10.3. The summed E-state index contributed by atoms with van der Waals surface area (Å²) in [6.07, 6.45) is 7.07. The van der Waals surface area contributed by atoms with Gasteiger partial charge in [-0.05, 0) is 26.3 Å². The molecule has 1 aromatic heterocycles. The Morgan fingerprint density at radius 3 is 3.12 bits per heavy atom. The van der Waals surface area contributed by atoms with Gasteiger partial charge >= 0.3 is 5.97 Å². The number of esters is 1. The highest BCUT2D eigenvalue weighted by Crippen LogP contribution is 2.25. The molecule has 2 atom stereocenters. The standard InChI is InChI=1S/C12H19N3O2/c1-9(12(16)17-2)15-8-13-7-11(15)10-5-3-4-6-14-10/h7-10,14H,3-6H2,1-2H3. The number of rotatable bonds is 3. The largest absolute Gasteiger partial charge is 0.467 e. The van der Waals surface area contributed by atoms with Crippen LogP contribution in [0.2, 0.25) is 0 Å². The number of carbonyl (C=O) groups is 1. The van der Waals surface area contributed by atoms with E-state index in [0.29, 0.717) is 6.04 Å². The Balaban J connectivity index is 2.18. The van der Waals surface area contributed by atoms with Crippen molar-refractivity contribution in [3.8, 4) is 0 Å². The molecule has 0 saturated carbocycles. The van der Waals surface area contributed by atoms with Crippen LogP contribution >= 0.6 is 0 Å². The summed E-state index contributed by atoms with van der Waals surface area (Å²) < 4.78 is 6.67. The van der Waals surface area contributed by atoms with Crippen LogP contribution in [0.3, 0.4) is 0 Å². The first-order valence-corrected chi connectivity index (χ1v) is 6.07. The van der Waals surface area contributed by atoms with Crippen LogP contribution in [0.25, 0.3) is 0 Å². The van der Waals surface area contributed by atoms with Crippen LogP contribution in [-0.4, -0.2) is 29.2 Å². The van der Waals surface area contributed by atoms with Crippen LogP contribution in [0.4, 0.5) is 0 Å². The number of hydrogen-bond donors (Lipinski definition) is 1. The molecule has 0 spiro atoms. The SMILES string of the molecule is COC(=O)C(C)n1cncc1C1CCCCN1. The Kier molecular flexibility index (Phi) is 3.78. The molecule has 5 nitrogen and oxygen atoms in total. The van der Waals surface area contributed by atoms with E-state index in [0.717, 1.165) is 18.7 Å². The minimum Gasteiger partial charge on any atom is -0.467 e. The van der Waals surface area contributed by atoms with Crippen LogP contribution in [0.15, 0.2) is 12.5 Å². The maximum absolute atomic E-state index is 11.6. The maximum Gasteiger partial charge on any atom is 0.328 e. The third-order valence-electron chi connectivity index (χ3n) is 3.32. The molecule has 0 amide bonds. The highest BCUT2D eigenvalue weighted by Gasteiger charge is 2.23. The summed E-state index contributed by atoms with van der Waals surface area (Å²) >= 11 is 0. The summed E-state index contributed by atoms with van der Waals surface area (Å²) in [5.74, 6) is -0.236. The van der Waals surface area contributed by atoms with Gasteiger partial charge in [-0.2, -0.15) is 0 Å². The number of ether oxygens (including phenoxy) is 1. The van der Waals surface area contributed by atoms with E-state index in [-0.39, 0.29) is 12.0 Å². The van der Waals surface area contributed by atoms with Gasteiger partial charge in [0.15, 0.2) is 0 Å². The van der Waals surface area contributed by atoms with Crippen molar-refractivity contribution in [3.05, 3.63) is 18.2 Å². The lowest BCUT2D eigenvalue weighted by molar-refractivity contribution is -0.144. The maximum atomic E-state index is 11.6. The Hall–Kier alpha value is -1.36. The molecule has 2 heterocycles. The second-order valence-electron chi connectivity index (χ2n) is 4.43. The molecule has 0 aromatic carbocycles. The molecule has 1 N–H and O–H groups in total. The number of aromatic nitrogens is 2. The van der Waals surface area contributed by atoms with Gasteiger partial charge in [0.25, 0.3) is 0 Å². The number of carbonyl (C=O) groups excluding carboxylic acids is 1. The van der Waals surface area contributed by atoms with E-state index in [1.165, 1.54) is 20.0 Å². The summed E-state index contributed by atoms with van der Waals surface area (Å²) in [6.45, 7) is 2.86. The van der Waals surface area contributed by atoms with E-state index in [4.69, 9.17) is 4.74 Å². The molecular weight excluding hydrogens is 218 g/mol. The van der Waals surface area contributed by atoms with Gasteiger partial charge in [-0.3, -0.25) is 0 Å². The predicted octanol–water partition coefficient (Wildman–Crippen LogP) is 1.43. The van der Waals surface area contributed by atoms with Gasteiger partial charge in [-0.15, -0.1) is 0 Å². The summed E-state index contributed by atoms with van der Waals surface area (Å²) in [5.41, 5.74) is 1.07. The van der Waals surface area contributed by atoms with Gasteiger partial charge in [0.2, 0.25) is 0 Å². The van der Waals surface area contributed by atoms with Crippen molar-refractivity contribution in [1.29, 1.82) is 0 Å². The summed E-state index contributed by atoms with van der Waals surface area (Å²) in [5, 5.41) is 3.46. The molecule has 0 aliphatic carbocycles. The normalized spacial score (nSPS) is 22.1. The van der Waals surface area contributed by atoms with E-state index >= 15 is 0 Å². The average molecular weight is 237 g/mol. The van der Waals surface area contributed by atoms with E-state index in [2.05, 4.69) is 10.3 Å². The molecule has 1 fully saturated rings. The second kappa shape index (κ2) is 5.31. The van der Waals surface area contributed by atoms with Crippen molar-refractivity contribution in [2.24, 2.45) is 0 Å². The Labute approximate surface area is 101 Å². The van der Waals surface area contributed by atoms with Crippen LogP contribution < -0.4 is 5.32 Å². The molecule has 0 radical (unpaired) electrons. The van der Waals surface area contributed by atoms with Gasteiger partial charge < -0.3 is 14.6 Å². The third kappa shape index (κ3) is 2.49. The monoisotopic (exact) mass is 237 g/mol. The highest BCUT2D eigenvalue weighted by molar-refractivity contribution is 5.73. The second-order valence-corrected chi connectivity index (χ2v) is 4.43. The van der Waals surface area contributed by atoms with Crippen molar-refractivity contribution >= 4 is 5.97 Å². The fourth-order valence-corrected chi connectivity index (χ4v) is 2.30. The predicted molar refractivity (Wildman–Crippen MR) is 63.5 cm³/mol. The lowest BCUT2D eigenvalue weighted by atomic mass is 10.0. The first kappa shape index (κ1) is 12.1. The van der Waals surface area contributed by atoms with Crippen LogP contribution in [-0.2, 0) is 9.53 Å². The van der Waals surface area contributed by atoms with Crippen molar-refractivity contribution in [2.45, 2.75) is 38.3 Å². The first-order chi connectivity index (χ1) is 8.24. The summed E-state index contributed by atoms with van der Waals surface area (Å²) in [4.78, 5) is 15.7. The van der Waals surface area contributed by atoms with Gasteiger partial charge in [-0.25, -0.2) is 9.78 Å². The molecular formula is C12H19N3O2. The van der Waals surface area contributed by atoms with E-state index in [1.54, 1.807) is 6.33 Å². The zero-order chi connectivity index (χ0) is 12.3. The van der Waals surface area contributed by atoms with Gasteiger partial charge in [-0.1, -0.05) is 6.42 Å². The van der Waals surface area contributed by atoms with Crippen LogP contribution in [0.1, 0.15) is 44.0 Å². The Morgan fingerprint density at radius 1 is 1.65 bits per heavy atom. The lowest BCUT2D eigenvalue weighted by Crippen LogP contribution is -2.30. The van der Waals surface area contributed by atoms with Crippen molar-refractivity contribution in [3.63, 3.8) is 0 Å². The molecule has 1 aromatic rings.